The summed E-state index contributed by atoms with van der Waals surface area (Å²) in [6, 6.07) is 16.2. The number of likely N-dealkylation sites (N-methyl/N-ethyl adjacent to an activating group) is 1. The van der Waals surface area contributed by atoms with Crippen molar-refractivity contribution in [3.63, 3.8) is 0 Å². The van der Waals surface area contributed by atoms with E-state index in [9.17, 15) is 4.79 Å². The number of para-hydroxylation sites is 3. The minimum atomic E-state index is -0.873. The highest BCUT2D eigenvalue weighted by Crippen LogP contribution is 2.32. The molecule has 0 spiro atoms. The molecule has 0 aliphatic heterocycles. The van der Waals surface area contributed by atoms with Gasteiger partial charge >= 0.3 is 5.97 Å². The molecule has 1 unspecified atom stereocenters. The zero-order chi connectivity index (χ0) is 14.5. The highest BCUT2D eigenvalue weighted by atomic mass is 16.5. The van der Waals surface area contributed by atoms with Gasteiger partial charge in [0.15, 0.2) is 5.75 Å². The maximum Gasteiger partial charge on any atom is 0.326 e. The molecule has 0 aromatic heterocycles. The van der Waals surface area contributed by atoms with Gasteiger partial charge in [-0.2, -0.15) is 0 Å². The molecule has 4 heteroatoms. The molecule has 0 radical (unpaired) electrons. The number of aliphatic carboxylic acids is 1. The van der Waals surface area contributed by atoms with Gasteiger partial charge in [0, 0.05) is 7.05 Å². The minimum absolute atomic E-state index is 0.629. The molecule has 0 saturated heterocycles. The number of nitrogens with zero attached hydrogens (tertiary/aromatic N) is 1. The second-order valence-corrected chi connectivity index (χ2v) is 4.51. The van der Waals surface area contributed by atoms with Crippen LogP contribution in [0.15, 0.2) is 54.6 Å². The van der Waals surface area contributed by atoms with Gasteiger partial charge in [-0.15, -0.1) is 0 Å². The highest BCUT2D eigenvalue weighted by Gasteiger charge is 2.20. The van der Waals surface area contributed by atoms with Gasteiger partial charge in [0.2, 0.25) is 0 Å². The van der Waals surface area contributed by atoms with Crippen LogP contribution in [0, 0.1) is 0 Å². The number of ether oxygens (including phenoxy) is 1. The summed E-state index contributed by atoms with van der Waals surface area (Å²) in [6.07, 6.45) is 0. The average Bonchev–Trinajstić information content (AvgIpc) is 2.47. The molecule has 0 aliphatic rings. The minimum Gasteiger partial charge on any atom is -0.480 e. The Morgan fingerprint density at radius 1 is 1.10 bits per heavy atom. The SMILES string of the molecule is CC(C(=O)O)N(C)c1ccccc1Oc1ccccc1. The Labute approximate surface area is 118 Å². The third-order valence-corrected chi connectivity index (χ3v) is 3.15. The van der Waals surface area contributed by atoms with Crippen molar-refractivity contribution in [3.05, 3.63) is 54.6 Å². The Kier molecular flexibility index (Phi) is 4.25. The van der Waals surface area contributed by atoms with Crippen LogP contribution in [0.3, 0.4) is 0 Å². The molecule has 0 fully saturated rings. The molecule has 4 nitrogen and oxygen atoms in total. The van der Waals surface area contributed by atoms with Gasteiger partial charge in [-0.05, 0) is 31.2 Å². The zero-order valence-corrected chi connectivity index (χ0v) is 11.5. The smallest absolute Gasteiger partial charge is 0.326 e. The first-order valence-electron chi connectivity index (χ1n) is 6.37. The maximum atomic E-state index is 11.1. The van der Waals surface area contributed by atoms with E-state index in [1.807, 2.05) is 54.6 Å². The third-order valence-electron chi connectivity index (χ3n) is 3.15. The van der Waals surface area contributed by atoms with Crippen LogP contribution < -0.4 is 9.64 Å². The van der Waals surface area contributed by atoms with Gasteiger partial charge in [0.1, 0.15) is 11.8 Å². The van der Waals surface area contributed by atoms with Gasteiger partial charge in [0.05, 0.1) is 5.69 Å². The molecular formula is C16H17NO3. The summed E-state index contributed by atoms with van der Waals surface area (Å²) in [5, 5.41) is 9.11. The van der Waals surface area contributed by atoms with Gasteiger partial charge in [-0.3, -0.25) is 0 Å². The van der Waals surface area contributed by atoms with E-state index < -0.39 is 12.0 Å². The van der Waals surface area contributed by atoms with Crippen LogP contribution in [-0.4, -0.2) is 24.2 Å². The van der Waals surface area contributed by atoms with E-state index in [1.54, 1.807) is 18.9 Å². The van der Waals surface area contributed by atoms with Crippen molar-refractivity contribution in [1.82, 2.24) is 0 Å². The van der Waals surface area contributed by atoms with Gasteiger partial charge in [-0.1, -0.05) is 30.3 Å². The van der Waals surface area contributed by atoms with Gasteiger partial charge < -0.3 is 14.7 Å². The highest BCUT2D eigenvalue weighted by molar-refractivity contribution is 5.78. The molecule has 0 amide bonds. The van der Waals surface area contributed by atoms with E-state index in [1.165, 1.54) is 0 Å². The summed E-state index contributed by atoms with van der Waals surface area (Å²) in [5.74, 6) is 0.479. The maximum absolute atomic E-state index is 11.1. The molecule has 104 valence electrons. The number of hydrogen-bond donors (Lipinski definition) is 1. The standard InChI is InChI=1S/C16H17NO3/c1-12(16(18)19)17(2)14-10-6-7-11-15(14)20-13-8-4-3-5-9-13/h3-12H,1-2H3,(H,18,19). The molecule has 2 aromatic rings. The van der Waals surface area contributed by atoms with Crippen molar-refractivity contribution in [2.45, 2.75) is 13.0 Å². The van der Waals surface area contributed by atoms with Crippen molar-refractivity contribution >= 4 is 11.7 Å². The normalized spacial score (nSPS) is 11.7. The van der Waals surface area contributed by atoms with Crippen LogP contribution in [0.1, 0.15) is 6.92 Å². The number of carboxylic acids is 1. The van der Waals surface area contributed by atoms with E-state index >= 15 is 0 Å². The van der Waals surface area contributed by atoms with Crippen LogP contribution in [0.2, 0.25) is 0 Å². The summed E-state index contributed by atoms with van der Waals surface area (Å²) < 4.78 is 5.83. The van der Waals surface area contributed by atoms with Gasteiger partial charge in [0.25, 0.3) is 0 Å². The first kappa shape index (κ1) is 13.9. The summed E-state index contributed by atoms with van der Waals surface area (Å²) in [4.78, 5) is 12.8. The van der Waals surface area contributed by atoms with Crippen molar-refractivity contribution in [2.24, 2.45) is 0 Å². The third kappa shape index (κ3) is 3.09. The lowest BCUT2D eigenvalue weighted by Crippen LogP contribution is -2.35. The molecule has 0 saturated carbocycles. The Morgan fingerprint density at radius 2 is 1.70 bits per heavy atom. The average molecular weight is 271 g/mol. The fourth-order valence-electron chi connectivity index (χ4n) is 1.82. The van der Waals surface area contributed by atoms with Crippen molar-refractivity contribution in [1.29, 1.82) is 0 Å². The van der Waals surface area contributed by atoms with E-state index in [0.29, 0.717) is 5.75 Å². The summed E-state index contributed by atoms with van der Waals surface area (Å²) in [7, 11) is 1.74. The Balaban J connectivity index is 2.29. The molecule has 0 aliphatic carbocycles. The number of rotatable bonds is 5. The fraction of sp³-hybridized carbons (Fsp3) is 0.188. The fourth-order valence-corrected chi connectivity index (χ4v) is 1.82. The predicted molar refractivity (Wildman–Crippen MR) is 78.5 cm³/mol. The molecule has 0 bridgehead atoms. The molecule has 1 atom stereocenters. The van der Waals surface area contributed by atoms with E-state index in [0.717, 1.165) is 11.4 Å². The second kappa shape index (κ2) is 6.10. The molecule has 0 heterocycles. The van der Waals surface area contributed by atoms with E-state index in [-0.39, 0.29) is 0 Å². The topological polar surface area (TPSA) is 49.8 Å². The number of anilines is 1. The summed E-state index contributed by atoms with van der Waals surface area (Å²) >= 11 is 0. The number of carbonyl (C=O) groups is 1. The van der Waals surface area contributed by atoms with Crippen LogP contribution >= 0.6 is 0 Å². The van der Waals surface area contributed by atoms with Crippen LogP contribution in [0.25, 0.3) is 0 Å². The molecule has 1 N–H and O–H groups in total. The van der Waals surface area contributed by atoms with Crippen molar-refractivity contribution in [2.75, 3.05) is 11.9 Å². The van der Waals surface area contributed by atoms with Crippen LogP contribution in [0.4, 0.5) is 5.69 Å². The first-order chi connectivity index (χ1) is 9.59. The summed E-state index contributed by atoms with van der Waals surface area (Å²) in [6.45, 7) is 1.64. The lowest BCUT2D eigenvalue weighted by molar-refractivity contribution is -0.138. The van der Waals surface area contributed by atoms with E-state index in [2.05, 4.69) is 0 Å². The number of carboxylic acid groups (broad SMARTS) is 1. The predicted octanol–water partition coefficient (Wildman–Crippen LogP) is 3.39. The molecule has 2 aromatic carbocycles. The van der Waals surface area contributed by atoms with Crippen molar-refractivity contribution < 1.29 is 14.6 Å². The Morgan fingerprint density at radius 3 is 2.35 bits per heavy atom. The number of hydrogen-bond acceptors (Lipinski definition) is 3. The Bertz CT molecular complexity index is 583. The lowest BCUT2D eigenvalue weighted by atomic mass is 10.2. The van der Waals surface area contributed by atoms with E-state index in [4.69, 9.17) is 9.84 Å². The molecule has 2 rings (SSSR count). The summed E-state index contributed by atoms with van der Waals surface area (Å²) in [5.41, 5.74) is 0.742. The quantitative estimate of drug-likeness (QED) is 0.905. The number of benzene rings is 2. The lowest BCUT2D eigenvalue weighted by Gasteiger charge is -2.25. The first-order valence-corrected chi connectivity index (χ1v) is 6.37. The van der Waals surface area contributed by atoms with Crippen molar-refractivity contribution in [3.8, 4) is 11.5 Å². The Hall–Kier alpha value is -2.49. The largest absolute Gasteiger partial charge is 0.480 e. The van der Waals surface area contributed by atoms with Crippen LogP contribution in [-0.2, 0) is 4.79 Å². The zero-order valence-electron chi connectivity index (χ0n) is 11.5. The monoisotopic (exact) mass is 271 g/mol. The van der Waals surface area contributed by atoms with Gasteiger partial charge in [-0.25, -0.2) is 4.79 Å². The molecule has 20 heavy (non-hydrogen) atoms. The second-order valence-electron chi connectivity index (χ2n) is 4.51. The molecular weight excluding hydrogens is 254 g/mol. The van der Waals surface area contributed by atoms with Crippen LogP contribution in [0.5, 0.6) is 11.5 Å².